The SMILES string of the molecule is CCCCOCCOc1cccc(CNCCC)n1. The number of pyridine rings is 1. The highest BCUT2D eigenvalue weighted by Crippen LogP contribution is 2.07. The molecule has 0 saturated carbocycles. The summed E-state index contributed by atoms with van der Waals surface area (Å²) in [4.78, 5) is 4.44. The standard InChI is InChI=1S/C15H26N2O2/c1-3-5-10-18-11-12-19-15-8-6-7-14(17-15)13-16-9-4-2/h6-8,16H,3-5,9-13H2,1-2H3. The molecule has 1 N–H and O–H groups in total. The average molecular weight is 266 g/mol. The van der Waals surface area contributed by atoms with Gasteiger partial charge < -0.3 is 14.8 Å². The smallest absolute Gasteiger partial charge is 0.213 e. The van der Waals surface area contributed by atoms with Gasteiger partial charge in [0.1, 0.15) is 6.61 Å². The van der Waals surface area contributed by atoms with Crippen molar-refractivity contribution in [3.05, 3.63) is 23.9 Å². The monoisotopic (exact) mass is 266 g/mol. The van der Waals surface area contributed by atoms with Gasteiger partial charge in [-0.1, -0.05) is 26.3 Å². The average Bonchev–Trinajstić information content (AvgIpc) is 2.43. The van der Waals surface area contributed by atoms with Crippen molar-refractivity contribution in [2.24, 2.45) is 0 Å². The van der Waals surface area contributed by atoms with E-state index in [1.54, 1.807) is 0 Å². The molecule has 108 valence electrons. The molecule has 0 bridgehead atoms. The lowest BCUT2D eigenvalue weighted by atomic mass is 10.3. The Labute approximate surface area is 116 Å². The Hall–Kier alpha value is -1.13. The second-order valence-corrected chi connectivity index (χ2v) is 4.46. The summed E-state index contributed by atoms with van der Waals surface area (Å²) in [6, 6.07) is 5.87. The van der Waals surface area contributed by atoms with E-state index in [1.165, 1.54) is 0 Å². The Balaban J connectivity index is 2.20. The second-order valence-electron chi connectivity index (χ2n) is 4.46. The Kier molecular flexibility index (Phi) is 9.02. The first kappa shape index (κ1) is 15.9. The predicted octanol–water partition coefficient (Wildman–Crippen LogP) is 2.78. The summed E-state index contributed by atoms with van der Waals surface area (Å²) in [5.74, 6) is 0.676. The van der Waals surface area contributed by atoms with Gasteiger partial charge in [0.25, 0.3) is 0 Å². The molecule has 0 saturated heterocycles. The summed E-state index contributed by atoms with van der Waals surface area (Å²) in [6.45, 7) is 8.10. The van der Waals surface area contributed by atoms with Crippen molar-refractivity contribution in [3.8, 4) is 5.88 Å². The molecule has 0 radical (unpaired) electrons. The molecule has 1 rings (SSSR count). The maximum Gasteiger partial charge on any atom is 0.213 e. The highest BCUT2D eigenvalue weighted by molar-refractivity contribution is 5.15. The normalized spacial score (nSPS) is 10.6. The van der Waals surface area contributed by atoms with Gasteiger partial charge in [-0.3, -0.25) is 0 Å². The Morgan fingerprint density at radius 3 is 2.79 bits per heavy atom. The van der Waals surface area contributed by atoms with Gasteiger partial charge in [-0.15, -0.1) is 0 Å². The van der Waals surface area contributed by atoms with E-state index in [0.29, 0.717) is 19.1 Å². The van der Waals surface area contributed by atoms with E-state index in [2.05, 4.69) is 24.1 Å². The minimum absolute atomic E-state index is 0.558. The third-order valence-corrected chi connectivity index (χ3v) is 2.63. The van der Waals surface area contributed by atoms with Crippen molar-refractivity contribution in [1.29, 1.82) is 0 Å². The highest BCUT2D eigenvalue weighted by atomic mass is 16.5. The van der Waals surface area contributed by atoms with Crippen LogP contribution in [0.2, 0.25) is 0 Å². The molecule has 0 aliphatic carbocycles. The fourth-order valence-electron chi connectivity index (χ4n) is 1.58. The van der Waals surface area contributed by atoms with Crippen molar-refractivity contribution >= 4 is 0 Å². The lowest BCUT2D eigenvalue weighted by Crippen LogP contribution is -2.15. The molecule has 1 aromatic heterocycles. The van der Waals surface area contributed by atoms with Gasteiger partial charge >= 0.3 is 0 Å². The zero-order valence-electron chi connectivity index (χ0n) is 12.2. The van der Waals surface area contributed by atoms with Crippen LogP contribution >= 0.6 is 0 Å². The quantitative estimate of drug-likeness (QED) is 0.625. The summed E-state index contributed by atoms with van der Waals surface area (Å²) in [7, 11) is 0. The molecule has 1 heterocycles. The van der Waals surface area contributed by atoms with E-state index in [0.717, 1.165) is 44.7 Å². The predicted molar refractivity (Wildman–Crippen MR) is 77.5 cm³/mol. The van der Waals surface area contributed by atoms with E-state index >= 15 is 0 Å². The number of hydrogen-bond donors (Lipinski definition) is 1. The van der Waals surface area contributed by atoms with Crippen molar-refractivity contribution in [3.63, 3.8) is 0 Å². The molecule has 1 aromatic rings. The number of rotatable bonds is 11. The van der Waals surface area contributed by atoms with Crippen LogP contribution in [0.15, 0.2) is 18.2 Å². The van der Waals surface area contributed by atoms with Crippen LogP contribution in [-0.2, 0) is 11.3 Å². The fraction of sp³-hybridized carbons (Fsp3) is 0.667. The van der Waals surface area contributed by atoms with Gasteiger partial charge in [-0.2, -0.15) is 0 Å². The van der Waals surface area contributed by atoms with E-state index < -0.39 is 0 Å². The third-order valence-electron chi connectivity index (χ3n) is 2.63. The van der Waals surface area contributed by atoms with Crippen molar-refractivity contribution in [2.75, 3.05) is 26.4 Å². The molecular weight excluding hydrogens is 240 g/mol. The number of ether oxygens (including phenoxy) is 2. The van der Waals surface area contributed by atoms with Crippen molar-refractivity contribution in [1.82, 2.24) is 10.3 Å². The van der Waals surface area contributed by atoms with Gasteiger partial charge in [0.15, 0.2) is 0 Å². The molecule has 0 amide bonds. The highest BCUT2D eigenvalue weighted by Gasteiger charge is 1.98. The van der Waals surface area contributed by atoms with E-state index in [-0.39, 0.29) is 0 Å². The topological polar surface area (TPSA) is 43.4 Å². The van der Waals surface area contributed by atoms with Crippen LogP contribution < -0.4 is 10.1 Å². The van der Waals surface area contributed by atoms with E-state index in [4.69, 9.17) is 9.47 Å². The van der Waals surface area contributed by atoms with Crippen LogP contribution in [0.3, 0.4) is 0 Å². The summed E-state index contributed by atoms with van der Waals surface area (Å²) < 4.78 is 11.0. The lowest BCUT2D eigenvalue weighted by Gasteiger charge is -2.08. The van der Waals surface area contributed by atoms with E-state index in [1.807, 2.05) is 18.2 Å². The molecule has 0 fully saturated rings. The molecular formula is C15H26N2O2. The number of unbranched alkanes of at least 4 members (excludes halogenated alkanes) is 1. The largest absolute Gasteiger partial charge is 0.475 e. The minimum atomic E-state index is 0.558. The van der Waals surface area contributed by atoms with Crippen molar-refractivity contribution in [2.45, 2.75) is 39.7 Å². The maximum absolute atomic E-state index is 5.57. The van der Waals surface area contributed by atoms with Crippen LogP contribution in [0, 0.1) is 0 Å². The number of aromatic nitrogens is 1. The minimum Gasteiger partial charge on any atom is -0.475 e. The van der Waals surface area contributed by atoms with Crippen LogP contribution in [0.1, 0.15) is 38.8 Å². The molecule has 0 aromatic carbocycles. The van der Waals surface area contributed by atoms with Crippen LogP contribution in [0.5, 0.6) is 5.88 Å². The van der Waals surface area contributed by atoms with Crippen LogP contribution in [0.4, 0.5) is 0 Å². The Bertz CT molecular complexity index is 332. The molecule has 0 spiro atoms. The van der Waals surface area contributed by atoms with Gasteiger partial charge in [0.05, 0.1) is 12.3 Å². The number of nitrogens with one attached hydrogen (secondary N) is 1. The van der Waals surface area contributed by atoms with Gasteiger partial charge in [0.2, 0.25) is 5.88 Å². The summed E-state index contributed by atoms with van der Waals surface area (Å²) in [5, 5.41) is 3.33. The second kappa shape index (κ2) is 10.8. The van der Waals surface area contributed by atoms with Crippen molar-refractivity contribution < 1.29 is 9.47 Å². The fourth-order valence-corrected chi connectivity index (χ4v) is 1.58. The molecule has 0 aliphatic heterocycles. The number of hydrogen-bond acceptors (Lipinski definition) is 4. The first-order valence-corrected chi connectivity index (χ1v) is 7.24. The number of nitrogens with zero attached hydrogens (tertiary/aromatic N) is 1. The van der Waals surface area contributed by atoms with Crippen LogP contribution in [0.25, 0.3) is 0 Å². The molecule has 4 heteroatoms. The molecule has 0 unspecified atom stereocenters. The summed E-state index contributed by atoms with van der Waals surface area (Å²) >= 11 is 0. The molecule has 0 atom stereocenters. The van der Waals surface area contributed by atoms with Gasteiger partial charge in [-0.05, 0) is 25.5 Å². The maximum atomic E-state index is 5.57. The zero-order valence-corrected chi connectivity index (χ0v) is 12.2. The first-order chi connectivity index (χ1) is 9.36. The molecule has 0 aliphatic rings. The van der Waals surface area contributed by atoms with Crippen LogP contribution in [-0.4, -0.2) is 31.3 Å². The molecule has 19 heavy (non-hydrogen) atoms. The lowest BCUT2D eigenvalue weighted by molar-refractivity contribution is 0.0964. The summed E-state index contributed by atoms with van der Waals surface area (Å²) in [6.07, 6.45) is 3.40. The summed E-state index contributed by atoms with van der Waals surface area (Å²) in [5.41, 5.74) is 1.01. The van der Waals surface area contributed by atoms with Gasteiger partial charge in [0, 0.05) is 19.2 Å². The van der Waals surface area contributed by atoms with E-state index in [9.17, 15) is 0 Å². The molecule has 4 nitrogen and oxygen atoms in total. The first-order valence-electron chi connectivity index (χ1n) is 7.24. The Morgan fingerprint density at radius 1 is 1.11 bits per heavy atom. The van der Waals surface area contributed by atoms with Gasteiger partial charge in [-0.25, -0.2) is 4.98 Å². The Morgan fingerprint density at radius 2 is 2.00 bits per heavy atom. The third kappa shape index (κ3) is 7.80. The zero-order chi connectivity index (χ0) is 13.8.